The summed E-state index contributed by atoms with van der Waals surface area (Å²) in [6.07, 6.45) is 8.67. The van der Waals surface area contributed by atoms with Crippen LogP contribution in [-0.2, 0) is 17.6 Å². The number of aromatic amines is 1. The number of carbonyl (C=O) groups excluding carboxylic acids is 1. The molecular formula is C27H33N3O2. The molecule has 1 N–H and O–H groups in total. The van der Waals surface area contributed by atoms with Crippen molar-refractivity contribution in [2.24, 2.45) is 0 Å². The average Bonchev–Trinajstić information content (AvgIpc) is 3.20. The number of amides is 1. The van der Waals surface area contributed by atoms with E-state index in [1.54, 1.807) is 4.90 Å². The van der Waals surface area contributed by atoms with E-state index < -0.39 is 5.60 Å². The van der Waals surface area contributed by atoms with Crippen molar-refractivity contribution in [3.8, 4) is 11.3 Å². The first kappa shape index (κ1) is 22.1. The molecule has 0 bridgehead atoms. The van der Waals surface area contributed by atoms with Crippen molar-refractivity contribution >= 4 is 22.6 Å². The van der Waals surface area contributed by atoms with Gasteiger partial charge in [0.05, 0.1) is 17.4 Å². The van der Waals surface area contributed by atoms with Gasteiger partial charge in [0, 0.05) is 35.8 Å². The Morgan fingerprint density at radius 2 is 1.91 bits per heavy atom. The van der Waals surface area contributed by atoms with Gasteiger partial charge in [0.2, 0.25) is 0 Å². The Labute approximate surface area is 190 Å². The number of carbonyl (C=O) groups is 1. The Bertz CT molecular complexity index is 1150. The number of aromatic nitrogens is 2. The van der Waals surface area contributed by atoms with Gasteiger partial charge in [-0.1, -0.05) is 38.1 Å². The summed E-state index contributed by atoms with van der Waals surface area (Å²) in [6, 6.07) is 8.77. The smallest absolute Gasteiger partial charge is 0.410 e. The molecule has 5 nitrogen and oxygen atoms in total. The fraction of sp³-hybridized carbons (Fsp3) is 0.407. The second-order valence-corrected chi connectivity index (χ2v) is 9.38. The molecule has 3 aromatic rings. The Kier molecular flexibility index (Phi) is 6.09. The first-order chi connectivity index (χ1) is 15.3. The number of hydrogen-bond donors (Lipinski definition) is 1. The van der Waals surface area contributed by atoms with E-state index in [2.05, 4.69) is 55.4 Å². The normalized spacial score (nSPS) is 14.5. The Morgan fingerprint density at radius 3 is 2.50 bits per heavy atom. The highest BCUT2D eigenvalue weighted by Crippen LogP contribution is 2.34. The van der Waals surface area contributed by atoms with Gasteiger partial charge in [0.25, 0.3) is 0 Å². The summed E-state index contributed by atoms with van der Waals surface area (Å²) < 4.78 is 5.52. The maximum Gasteiger partial charge on any atom is 0.410 e. The molecule has 0 saturated heterocycles. The zero-order chi connectivity index (χ0) is 22.9. The molecule has 1 aliphatic heterocycles. The fourth-order valence-electron chi connectivity index (χ4n) is 4.40. The molecular weight excluding hydrogens is 398 g/mol. The van der Waals surface area contributed by atoms with E-state index in [1.807, 2.05) is 27.0 Å². The number of hydrogen-bond acceptors (Lipinski definition) is 3. The summed E-state index contributed by atoms with van der Waals surface area (Å²) in [5, 5.41) is 1.18. The molecule has 0 unspecified atom stereocenters. The van der Waals surface area contributed by atoms with E-state index in [-0.39, 0.29) is 6.09 Å². The largest absolute Gasteiger partial charge is 0.444 e. The summed E-state index contributed by atoms with van der Waals surface area (Å²) in [5.41, 5.74) is 7.96. The third-order valence-electron chi connectivity index (χ3n) is 6.03. The molecule has 0 saturated carbocycles. The van der Waals surface area contributed by atoms with Crippen molar-refractivity contribution in [1.82, 2.24) is 14.9 Å². The van der Waals surface area contributed by atoms with Crippen LogP contribution in [-0.4, -0.2) is 39.7 Å². The van der Waals surface area contributed by atoms with E-state index in [9.17, 15) is 4.79 Å². The van der Waals surface area contributed by atoms with Gasteiger partial charge in [-0.2, -0.15) is 0 Å². The molecule has 1 aliphatic rings. The number of pyridine rings is 1. The van der Waals surface area contributed by atoms with E-state index in [0.717, 1.165) is 30.5 Å². The highest BCUT2D eigenvalue weighted by molar-refractivity contribution is 5.95. The van der Waals surface area contributed by atoms with Crippen molar-refractivity contribution in [3.63, 3.8) is 0 Å². The standard InChI is InChI=1S/C27H33N3O2/c1-6-18-9-8-10-19(7-2)25(18)23-15-21-22(16-28-24(21)17-29-23)20-11-13-30(14-12-20)26(31)32-27(3,4)5/h8-11,15-17,28H,6-7,12-14H2,1-5H3. The lowest BCUT2D eigenvalue weighted by atomic mass is 9.93. The molecule has 1 aromatic carbocycles. The minimum atomic E-state index is -0.479. The molecule has 1 amide bonds. The van der Waals surface area contributed by atoms with Crippen LogP contribution in [0.3, 0.4) is 0 Å². The summed E-state index contributed by atoms with van der Waals surface area (Å²) in [6.45, 7) is 11.3. The van der Waals surface area contributed by atoms with E-state index >= 15 is 0 Å². The Morgan fingerprint density at radius 1 is 1.19 bits per heavy atom. The predicted molar refractivity (Wildman–Crippen MR) is 131 cm³/mol. The SMILES string of the molecule is CCc1cccc(CC)c1-c1cc2c(C3=CCN(C(=O)OC(C)(C)C)CC3)c[nH]c2cn1. The number of H-pyrrole nitrogens is 1. The molecule has 0 spiro atoms. The van der Waals surface area contributed by atoms with Crippen molar-refractivity contribution in [1.29, 1.82) is 0 Å². The van der Waals surface area contributed by atoms with Gasteiger partial charge in [-0.25, -0.2) is 4.79 Å². The monoisotopic (exact) mass is 431 g/mol. The fourth-order valence-corrected chi connectivity index (χ4v) is 4.40. The highest BCUT2D eigenvalue weighted by Gasteiger charge is 2.24. The number of rotatable bonds is 4. The summed E-state index contributed by atoms with van der Waals surface area (Å²) in [7, 11) is 0. The van der Waals surface area contributed by atoms with E-state index in [4.69, 9.17) is 9.72 Å². The van der Waals surface area contributed by atoms with Crippen molar-refractivity contribution < 1.29 is 9.53 Å². The molecule has 0 fully saturated rings. The zero-order valence-corrected chi connectivity index (χ0v) is 19.8. The third kappa shape index (κ3) is 4.43. The number of nitrogens with zero attached hydrogens (tertiary/aromatic N) is 2. The van der Waals surface area contributed by atoms with Gasteiger partial charge in [-0.05, 0) is 62.8 Å². The maximum atomic E-state index is 12.4. The van der Waals surface area contributed by atoms with Crippen LogP contribution < -0.4 is 0 Å². The molecule has 168 valence electrons. The van der Waals surface area contributed by atoms with Crippen LogP contribution >= 0.6 is 0 Å². The molecule has 5 heteroatoms. The second-order valence-electron chi connectivity index (χ2n) is 9.38. The van der Waals surface area contributed by atoms with Crippen LogP contribution in [0.1, 0.15) is 57.7 Å². The van der Waals surface area contributed by atoms with Crippen LogP contribution in [0.15, 0.2) is 42.7 Å². The highest BCUT2D eigenvalue weighted by atomic mass is 16.6. The Balaban J connectivity index is 1.66. The van der Waals surface area contributed by atoms with Crippen LogP contribution in [0.4, 0.5) is 4.79 Å². The van der Waals surface area contributed by atoms with Gasteiger partial charge < -0.3 is 14.6 Å². The van der Waals surface area contributed by atoms with Gasteiger partial charge in [0.1, 0.15) is 5.60 Å². The lowest BCUT2D eigenvalue weighted by Gasteiger charge is -2.29. The van der Waals surface area contributed by atoms with Crippen molar-refractivity contribution in [2.75, 3.05) is 13.1 Å². The first-order valence-electron chi connectivity index (χ1n) is 11.6. The minimum Gasteiger partial charge on any atom is -0.444 e. The Hall–Kier alpha value is -3.08. The average molecular weight is 432 g/mol. The number of aryl methyl sites for hydroxylation is 2. The third-order valence-corrected chi connectivity index (χ3v) is 6.03. The summed E-state index contributed by atoms with van der Waals surface area (Å²) >= 11 is 0. The van der Waals surface area contributed by atoms with E-state index in [0.29, 0.717) is 13.1 Å². The van der Waals surface area contributed by atoms with E-state index in [1.165, 1.54) is 33.2 Å². The van der Waals surface area contributed by atoms with Gasteiger partial charge >= 0.3 is 6.09 Å². The van der Waals surface area contributed by atoms with Crippen LogP contribution in [0, 0.1) is 0 Å². The predicted octanol–water partition coefficient (Wildman–Crippen LogP) is 6.38. The summed E-state index contributed by atoms with van der Waals surface area (Å²) in [4.78, 5) is 22.3. The van der Waals surface area contributed by atoms with Gasteiger partial charge in [-0.3, -0.25) is 4.98 Å². The number of fused-ring (bicyclic) bond motifs is 1. The molecule has 3 heterocycles. The maximum absolute atomic E-state index is 12.4. The molecule has 0 aliphatic carbocycles. The lowest BCUT2D eigenvalue weighted by molar-refractivity contribution is 0.0270. The summed E-state index contributed by atoms with van der Waals surface area (Å²) in [5.74, 6) is 0. The van der Waals surface area contributed by atoms with Crippen molar-refractivity contribution in [3.05, 3.63) is 59.4 Å². The minimum absolute atomic E-state index is 0.249. The van der Waals surface area contributed by atoms with Crippen LogP contribution in [0.25, 0.3) is 27.7 Å². The lowest BCUT2D eigenvalue weighted by Crippen LogP contribution is -2.39. The molecule has 0 radical (unpaired) electrons. The topological polar surface area (TPSA) is 58.2 Å². The second kappa shape index (κ2) is 8.81. The molecule has 32 heavy (non-hydrogen) atoms. The van der Waals surface area contributed by atoms with Crippen molar-refractivity contribution in [2.45, 2.75) is 59.5 Å². The molecule has 0 atom stereocenters. The van der Waals surface area contributed by atoms with Gasteiger partial charge in [-0.15, -0.1) is 0 Å². The number of nitrogens with one attached hydrogen (secondary N) is 1. The molecule has 2 aromatic heterocycles. The van der Waals surface area contributed by atoms with Crippen LogP contribution in [0.2, 0.25) is 0 Å². The van der Waals surface area contributed by atoms with Crippen LogP contribution in [0.5, 0.6) is 0 Å². The quantitative estimate of drug-likeness (QED) is 0.521. The number of ether oxygens (including phenoxy) is 1. The van der Waals surface area contributed by atoms with Gasteiger partial charge in [0.15, 0.2) is 0 Å². The first-order valence-corrected chi connectivity index (χ1v) is 11.6. The molecule has 4 rings (SSSR count). The zero-order valence-electron chi connectivity index (χ0n) is 19.8. The number of benzene rings is 1.